The third-order valence-electron chi connectivity index (χ3n) is 3.07. The standard InChI is InChI=1S/C11H17N3OS/c1-8(16-2)11(15)14-7-3-4-9(14)10-12-5-6-13-10/h5-6,8-9H,3-4,7H2,1-2H3,(H,12,13)/t8-,9+/m1/s1. The maximum absolute atomic E-state index is 12.1. The number of imidazole rings is 1. The maximum atomic E-state index is 12.1. The van der Waals surface area contributed by atoms with Gasteiger partial charge in [-0.05, 0) is 26.0 Å². The monoisotopic (exact) mass is 239 g/mol. The van der Waals surface area contributed by atoms with Gasteiger partial charge in [-0.25, -0.2) is 4.98 Å². The van der Waals surface area contributed by atoms with Crippen LogP contribution >= 0.6 is 11.8 Å². The lowest BCUT2D eigenvalue weighted by Crippen LogP contribution is -2.36. The van der Waals surface area contributed by atoms with E-state index in [1.165, 1.54) is 0 Å². The molecule has 88 valence electrons. The predicted molar refractivity (Wildman–Crippen MR) is 65.3 cm³/mol. The van der Waals surface area contributed by atoms with Gasteiger partial charge in [0.2, 0.25) is 5.91 Å². The third kappa shape index (κ3) is 2.09. The van der Waals surface area contributed by atoms with E-state index >= 15 is 0 Å². The van der Waals surface area contributed by atoms with E-state index in [1.54, 1.807) is 18.0 Å². The molecule has 1 aliphatic heterocycles. The highest BCUT2D eigenvalue weighted by atomic mass is 32.2. The van der Waals surface area contributed by atoms with Gasteiger partial charge >= 0.3 is 0 Å². The van der Waals surface area contributed by atoms with Crippen molar-refractivity contribution in [2.45, 2.75) is 31.1 Å². The van der Waals surface area contributed by atoms with Gasteiger partial charge in [0, 0.05) is 18.9 Å². The molecule has 5 heteroatoms. The van der Waals surface area contributed by atoms with Crippen LogP contribution in [0.15, 0.2) is 12.4 Å². The third-order valence-corrected chi connectivity index (χ3v) is 3.98. The highest BCUT2D eigenvalue weighted by Crippen LogP contribution is 2.31. The molecule has 1 amide bonds. The van der Waals surface area contributed by atoms with Gasteiger partial charge in [-0.15, -0.1) is 0 Å². The number of aromatic nitrogens is 2. The van der Waals surface area contributed by atoms with Crippen LogP contribution in [0.2, 0.25) is 0 Å². The summed E-state index contributed by atoms with van der Waals surface area (Å²) in [6, 6.07) is 0.150. The Kier molecular flexibility index (Phi) is 3.53. The van der Waals surface area contributed by atoms with E-state index in [4.69, 9.17) is 0 Å². The van der Waals surface area contributed by atoms with Crippen molar-refractivity contribution in [3.05, 3.63) is 18.2 Å². The normalized spacial score (nSPS) is 22.4. The van der Waals surface area contributed by atoms with Gasteiger partial charge in [-0.1, -0.05) is 0 Å². The van der Waals surface area contributed by atoms with E-state index < -0.39 is 0 Å². The van der Waals surface area contributed by atoms with Gasteiger partial charge < -0.3 is 9.88 Å². The number of hydrogen-bond donors (Lipinski definition) is 1. The van der Waals surface area contributed by atoms with Crippen LogP contribution in [0.1, 0.15) is 31.6 Å². The minimum Gasteiger partial charge on any atom is -0.347 e. The fourth-order valence-corrected chi connectivity index (χ4v) is 2.45. The van der Waals surface area contributed by atoms with E-state index in [9.17, 15) is 4.79 Å². The Bertz CT molecular complexity index is 352. The maximum Gasteiger partial charge on any atom is 0.236 e. The van der Waals surface area contributed by atoms with E-state index in [-0.39, 0.29) is 17.2 Å². The fourth-order valence-electron chi connectivity index (χ4n) is 2.11. The second-order valence-corrected chi connectivity index (χ2v) is 5.22. The smallest absolute Gasteiger partial charge is 0.236 e. The Balaban J connectivity index is 2.12. The number of thioether (sulfide) groups is 1. The molecule has 1 fully saturated rings. The first kappa shape index (κ1) is 11.5. The summed E-state index contributed by atoms with van der Waals surface area (Å²) in [6.45, 7) is 2.82. The molecular weight excluding hydrogens is 222 g/mol. The molecule has 4 nitrogen and oxygen atoms in total. The number of likely N-dealkylation sites (tertiary alicyclic amines) is 1. The number of hydrogen-bond acceptors (Lipinski definition) is 3. The van der Waals surface area contributed by atoms with Gasteiger partial charge in [0.05, 0.1) is 11.3 Å². The summed E-state index contributed by atoms with van der Waals surface area (Å²) in [5.74, 6) is 1.14. The minimum absolute atomic E-state index is 0.0376. The van der Waals surface area contributed by atoms with E-state index in [0.717, 1.165) is 25.2 Å². The molecule has 1 saturated heterocycles. The molecule has 0 bridgehead atoms. The van der Waals surface area contributed by atoms with Crippen LogP contribution < -0.4 is 0 Å². The average molecular weight is 239 g/mol. The number of amides is 1. The first-order valence-electron chi connectivity index (χ1n) is 5.56. The van der Waals surface area contributed by atoms with Gasteiger partial charge in [0.15, 0.2) is 0 Å². The minimum atomic E-state index is 0.0376. The van der Waals surface area contributed by atoms with Crippen LogP contribution in [0.5, 0.6) is 0 Å². The average Bonchev–Trinajstić information content (AvgIpc) is 2.95. The van der Waals surface area contributed by atoms with Gasteiger partial charge in [-0.3, -0.25) is 4.79 Å². The molecule has 0 radical (unpaired) electrons. The zero-order chi connectivity index (χ0) is 11.5. The fraction of sp³-hybridized carbons (Fsp3) is 0.636. The van der Waals surface area contributed by atoms with E-state index in [0.29, 0.717) is 0 Å². The van der Waals surface area contributed by atoms with Crippen LogP contribution in [-0.4, -0.2) is 38.8 Å². The summed E-state index contributed by atoms with van der Waals surface area (Å²) >= 11 is 1.60. The number of nitrogens with zero attached hydrogens (tertiary/aromatic N) is 2. The number of nitrogens with one attached hydrogen (secondary N) is 1. The molecule has 1 aliphatic rings. The number of carbonyl (C=O) groups excluding carboxylic acids is 1. The lowest BCUT2D eigenvalue weighted by atomic mass is 10.2. The summed E-state index contributed by atoms with van der Waals surface area (Å²) in [7, 11) is 0. The molecule has 0 unspecified atom stereocenters. The van der Waals surface area contributed by atoms with Crippen molar-refractivity contribution in [3.8, 4) is 0 Å². The molecule has 2 atom stereocenters. The number of H-pyrrole nitrogens is 1. The van der Waals surface area contributed by atoms with Crippen LogP contribution in [0.25, 0.3) is 0 Å². The largest absolute Gasteiger partial charge is 0.347 e. The van der Waals surface area contributed by atoms with Crippen LogP contribution in [0.4, 0.5) is 0 Å². The Morgan fingerprint density at radius 2 is 2.56 bits per heavy atom. The summed E-state index contributed by atoms with van der Waals surface area (Å²) in [6.07, 6.45) is 7.61. The first-order chi connectivity index (χ1) is 7.74. The predicted octanol–water partition coefficient (Wildman–Crippen LogP) is 1.82. The summed E-state index contributed by atoms with van der Waals surface area (Å²) in [5.41, 5.74) is 0. The van der Waals surface area contributed by atoms with Crippen molar-refractivity contribution in [2.75, 3.05) is 12.8 Å². The second kappa shape index (κ2) is 4.91. The van der Waals surface area contributed by atoms with Crippen LogP contribution in [0, 0.1) is 0 Å². The van der Waals surface area contributed by atoms with Gasteiger partial charge in [0.1, 0.15) is 5.82 Å². The zero-order valence-electron chi connectivity index (χ0n) is 9.64. The molecule has 0 aliphatic carbocycles. The van der Waals surface area contributed by atoms with Crippen molar-refractivity contribution >= 4 is 17.7 Å². The van der Waals surface area contributed by atoms with Crippen molar-refractivity contribution in [2.24, 2.45) is 0 Å². The van der Waals surface area contributed by atoms with Crippen LogP contribution in [-0.2, 0) is 4.79 Å². The van der Waals surface area contributed by atoms with Crippen molar-refractivity contribution in [3.63, 3.8) is 0 Å². The Hall–Kier alpha value is -0.970. The highest BCUT2D eigenvalue weighted by molar-refractivity contribution is 7.99. The van der Waals surface area contributed by atoms with Crippen molar-refractivity contribution < 1.29 is 4.79 Å². The Morgan fingerprint density at radius 1 is 1.75 bits per heavy atom. The number of carbonyl (C=O) groups is 1. The molecule has 1 aromatic heterocycles. The molecular formula is C11H17N3OS. The lowest BCUT2D eigenvalue weighted by molar-refractivity contribution is -0.131. The number of rotatable bonds is 3. The first-order valence-corrected chi connectivity index (χ1v) is 6.85. The second-order valence-electron chi connectivity index (χ2n) is 4.04. The van der Waals surface area contributed by atoms with Crippen LogP contribution in [0.3, 0.4) is 0 Å². The molecule has 2 rings (SSSR count). The van der Waals surface area contributed by atoms with Crippen molar-refractivity contribution in [1.82, 2.24) is 14.9 Å². The summed E-state index contributed by atoms with van der Waals surface area (Å²) < 4.78 is 0. The van der Waals surface area contributed by atoms with Gasteiger partial charge in [0.25, 0.3) is 0 Å². The Morgan fingerprint density at radius 3 is 3.19 bits per heavy atom. The van der Waals surface area contributed by atoms with E-state index in [1.807, 2.05) is 24.3 Å². The SMILES string of the molecule is CS[C@H](C)C(=O)N1CCC[C@H]1c1ncc[nH]1. The molecule has 16 heavy (non-hydrogen) atoms. The lowest BCUT2D eigenvalue weighted by Gasteiger charge is -2.25. The summed E-state index contributed by atoms with van der Waals surface area (Å²) in [4.78, 5) is 21.5. The summed E-state index contributed by atoms with van der Waals surface area (Å²) in [5, 5.41) is 0.0376. The molecule has 0 saturated carbocycles. The Labute approximate surface area is 99.8 Å². The highest BCUT2D eigenvalue weighted by Gasteiger charge is 2.33. The molecule has 0 aromatic carbocycles. The van der Waals surface area contributed by atoms with Gasteiger partial charge in [-0.2, -0.15) is 11.8 Å². The quantitative estimate of drug-likeness (QED) is 0.875. The molecule has 1 aromatic rings. The van der Waals surface area contributed by atoms with E-state index in [2.05, 4.69) is 9.97 Å². The topological polar surface area (TPSA) is 49.0 Å². The molecule has 2 heterocycles. The molecule has 1 N–H and O–H groups in total. The molecule has 0 spiro atoms. The zero-order valence-corrected chi connectivity index (χ0v) is 10.5. The number of aromatic amines is 1. The van der Waals surface area contributed by atoms with Crippen molar-refractivity contribution in [1.29, 1.82) is 0 Å².